The largest absolute Gasteiger partial charge is 0.475 e. The Morgan fingerprint density at radius 3 is 2.14 bits per heavy atom. The summed E-state index contributed by atoms with van der Waals surface area (Å²) in [5.74, 6) is 1.58. The van der Waals surface area contributed by atoms with E-state index in [1.807, 2.05) is 0 Å². The normalized spacial score (nSPS) is 14.4. The Kier molecular flexibility index (Phi) is 11.9. The van der Waals surface area contributed by atoms with Crippen LogP contribution in [0.4, 0.5) is 0 Å². The maximum Gasteiger partial charge on any atom is 0.372 e. The number of allylic oxidation sites excluding steroid dienone is 2. The van der Waals surface area contributed by atoms with Crippen molar-refractivity contribution in [2.24, 2.45) is 17.8 Å². The predicted molar refractivity (Wildman–Crippen MR) is 118 cm³/mol. The minimum absolute atomic E-state index is 0.0658. The molecule has 0 aliphatic carbocycles. The van der Waals surface area contributed by atoms with Crippen LogP contribution in [0, 0.1) is 17.8 Å². The molecule has 2 unspecified atom stereocenters. The molecule has 160 valence electrons. The van der Waals surface area contributed by atoms with Gasteiger partial charge in [0.1, 0.15) is 0 Å². The Balaban J connectivity index is 2.15. The third-order valence-corrected chi connectivity index (χ3v) is 5.75. The van der Waals surface area contributed by atoms with E-state index in [0.717, 1.165) is 29.7 Å². The Bertz CT molecular complexity index is 582. The Hall–Kier alpha value is -1.51. The lowest BCUT2D eigenvalue weighted by atomic mass is 9.91. The summed E-state index contributed by atoms with van der Waals surface area (Å²) in [5, 5.41) is 9.08. The number of carbonyl (C=O) groups is 1. The summed E-state index contributed by atoms with van der Waals surface area (Å²) >= 11 is 0. The highest BCUT2D eigenvalue weighted by atomic mass is 16.4. The van der Waals surface area contributed by atoms with Crippen LogP contribution in [0.15, 0.2) is 28.4 Å². The van der Waals surface area contributed by atoms with Crippen LogP contribution in [0.2, 0.25) is 0 Å². The number of furan rings is 1. The van der Waals surface area contributed by atoms with E-state index in [2.05, 4.69) is 40.7 Å². The van der Waals surface area contributed by atoms with Gasteiger partial charge in [-0.25, -0.2) is 4.79 Å². The maximum atomic E-state index is 11.1. The quantitative estimate of drug-likeness (QED) is 0.310. The number of aromatic carboxylic acids is 1. The van der Waals surface area contributed by atoms with Crippen LogP contribution in [0.1, 0.15) is 109 Å². The van der Waals surface area contributed by atoms with Gasteiger partial charge in [0.05, 0.1) is 6.26 Å². The van der Waals surface area contributed by atoms with Crippen molar-refractivity contribution >= 4 is 5.97 Å². The summed E-state index contributed by atoms with van der Waals surface area (Å²) < 4.78 is 5.03. The number of hydrogen-bond acceptors (Lipinski definition) is 2. The highest BCUT2D eigenvalue weighted by molar-refractivity contribution is 5.86. The summed E-state index contributed by atoms with van der Waals surface area (Å²) in [4.78, 5) is 11.1. The topological polar surface area (TPSA) is 50.4 Å². The van der Waals surface area contributed by atoms with Crippen LogP contribution in [0.25, 0.3) is 0 Å². The second-order valence-electron chi connectivity index (χ2n) is 9.19. The number of carboxylic acid groups (broad SMARTS) is 1. The van der Waals surface area contributed by atoms with Crippen molar-refractivity contribution < 1.29 is 14.3 Å². The van der Waals surface area contributed by atoms with E-state index in [-0.39, 0.29) is 5.76 Å². The molecule has 28 heavy (non-hydrogen) atoms. The lowest BCUT2D eigenvalue weighted by Gasteiger charge is -2.15. The Morgan fingerprint density at radius 1 is 1.00 bits per heavy atom. The smallest absolute Gasteiger partial charge is 0.372 e. The van der Waals surface area contributed by atoms with E-state index in [9.17, 15) is 4.79 Å². The Labute approximate surface area is 172 Å². The second kappa shape index (κ2) is 13.6. The highest BCUT2D eigenvalue weighted by Gasteiger charge is 2.12. The van der Waals surface area contributed by atoms with E-state index < -0.39 is 5.97 Å². The molecule has 0 aliphatic heterocycles. The molecule has 1 aromatic heterocycles. The molecule has 2 atom stereocenters. The summed E-state index contributed by atoms with van der Waals surface area (Å²) in [7, 11) is 0. The van der Waals surface area contributed by atoms with Crippen molar-refractivity contribution in [1.82, 2.24) is 0 Å². The molecule has 0 spiro atoms. The van der Waals surface area contributed by atoms with Crippen molar-refractivity contribution in [3.05, 3.63) is 35.3 Å². The zero-order valence-electron chi connectivity index (χ0n) is 18.8. The highest BCUT2D eigenvalue weighted by Crippen LogP contribution is 2.22. The van der Waals surface area contributed by atoms with Crippen LogP contribution in [0.5, 0.6) is 0 Å². The zero-order chi connectivity index (χ0) is 20.9. The van der Waals surface area contributed by atoms with Gasteiger partial charge in [-0.05, 0) is 50.0 Å². The summed E-state index contributed by atoms with van der Waals surface area (Å²) in [6.45, 7) is 11.6. The van der Waals surface area contributed by atoms with Gasteiger partial charge in [-0.1, -0.05) is 84.3 Å². The molecule has 3 nitrogen and oxygen atoms in total. The average molecular weight is 391 g/mol. The van der Waals surface area contributed by atoms with Crippen LogP contribution >= 0.6 is 0 Å². The molecule has 0 aliphatic rings. The van der Waals surface area contributed by atoms with Crippen molar-refractivity contribution in [2.45, 2.75) is 98.8 Å². The molecule has 0 fully saturated rings. The van der Waals surface area contributed by atoms with E-state index in [1.54, 1.807) is 6.07 Å². The third kappa shape index (κ3) is 10.7. The number of rotatable bonds is 15. The van der Waals surface area contributed by atoms with Gasteiger partial charge in [0.15, 0.2) is 0 Å². The fraction of sp³-hybridized carbons (Fsp3) is 0.720. The van der Waals surface area contributed by atoms with Crippen LogP contribution in [0.3, 0.4) is 0 Å². The Morgan fingerprint density at radius 2 is 1.57 bits per heavy atom. The molecule has 1 N–H and O–H groups in total. The standard InChI is InChI=1S/C25H42O3/c1-19(2)9-6-10-20(3)11-7-12-21(4)13-8-14-22(5)15-16-23-17-18-28-24(23)25(26)27/h15,17-21H,6-14,16H2,1-5H3,(H,26,27). The molecule has 0 saturated heterocycles. The molecule has 0 radical (unpaired) electrons. The van der Waals surface area contributed by atoms with Crippen molar-refractivity contribution in [3.8, 4) is 0 Å². The van der Waals surface area contributed by atoms with Crippen LogP contribution in [-0.2, 0) is 6.42 Å². The molecular formula is C25H42O3. The van der Waals surface area contributed by atoms with E-state index in [0.29, 0.717) is 6.42 Å². The van der Waals surface area contributed by atoms with E-state index >= 15 is 0 Å². The van der Waals surface area contributed by atoms with Crippen molar-refractivity contribution in [3.63, 3.8) is 0 Å². The molecule has 1 aromatic rings. The molecular weight excluding hydrogens is 348 g/mol. The predicted octanol–water partition coefficient (Wildman–Crippen LogP) is 7.91. The van der Waals surface area contributed by atoms with Gasteiger partial charge in [0.2, 0.25) is 5.76 Å². The van der Waals surface area contributed by atoms with Crippen molar-refractivity contribution in [1.29, 1.82) is 0 Å². The van der Waals surface area contributed by atoms with Gasteiger partial charge in [-0.15, -0.1) is 0 Å². The molecule has 1 rings (SSSR count). The molecule has 0 saturated carbocycles. The van der Waals surface area contributed by atoms with Gasteiger partial charge < -0.3 is 9.52 Å². The van der Waals surface area contributed by atoms with E-state index in [1.165, 1.54) is 63.2 Å². The SMILES string of the molecule is CC(=CCc1ccoc1C(=O)O)CCCC(C)CCCC(C)CCCC(C)C. The van der Waals surface area contributed by atoms with Gasteiger partial charge >= 0.3 is 5.97 Å². The molecule has 1 heterocycles. The molecule has 0 bridgehead atoms. The second-order valence-corrected chi connectivity index (χ2v) is 9.19. The van der Waals surface area contributed by atoms with E-state index in [4.69, 9.17) is 9.52 Å². The molecule has 0 amide bonds. The average Bonchev–Trinajstić information content (AvgIpc) is 3.08. The van der Waals surface area contributed by atoms with Crippen molar-refractivity contribution in [2.75, 3.05) is 0 Å². The summed E-state index contributed by atoms with van der Waals surface area (Å²) in [6.07, 6.45) is 16.0. The zero-order valence-corrected chi connectivity index (χ0v) is 18.8. The summed E-state index contributed by atoms with van der Waals surface area (Å²) in [5.41, 5.74) is 2.09. The fourth-order valence-corrected chi connectivity index (χ4v) is 3.78. The molecule has 3 heteroatoms. The minimum Gasteiger partial charge on any atom is -0.475 e. The van der Waals surface area contributed by atoms with Crippen LogP contribution < -0.4 is 0 Å². The molecule has 0 aromatic carbocycles. The third-order valence-electron chi connectivity index (χ3n) is 5.75. The first kappa shape index (κ1) is 24.5. The minimum atomic E-state index is -0.992. The van der Waals surface area contributed by atoms with Crippen LogP contribution in [-0.4, -0.2) is 11.1 Å². The number of carboxylic acids is 1. The lowest BCUT2D eigenvalue weighted by Crippen LogP contribution is -2.00. The summed E-state index contributed by atoms with van der Waals surface area (Å²) in [6, 6.07) is 1.75. The van der Waals surface area contributed by atoms with Gasteiger partial charge in [-0.3, -0.25) is 0 Å². The van der Waals surface area contributed by atoms with Gasteiger partial charge in [-0.2, -0.15) is 0 Å². The first-order valence-corrected chi connectivity index (χ1v) is 11.2. The number of hydrogen-bond donors (Lipinski definition) is 1. The van der Waals surface area contributed by atoms with Gasteiger partial charge in [0, 0.05) is 5.56 Å². The fourth-order valence-electron chi connectivity index (χ4n) is 3.78. The lowest BCUT2D eigenvalue weighted by molar-refractivity contribution is 0.0661. The monoisotopic (exact) mass is 390 g/mol. The first-order valence-electron chi connectivity index (χ1n) is 11.2. The van der Waals surface area contributed by atoms with Gasteiger partial charge in [0.25, 0.3) is 0 Å². The maximum absolute atomic E-state index is 11.1. The first-order chi connectivity index (χ1) is 13.3.